The molecule has 0 spiro atoms. The molecule has 0 unspecified atom stereocenters. The van der Waals surface area contributed by atoms with E-state index in [0.717, 1.165) is 44.7 Å². The molecule has 3 rings (SSSR count). The van der Waals surface area contributed by atoms with Gasteiger partial charge in [-0.05, 0) is 12.1 Å². The monoisotopic (exact) mass is 300 g/mol. The molecular weight excluding hydrogens is 280 g/mol. The average molecular weight is 300 g/mol. The van der Waals surface area contributed by atoms with Crippen LogP contribution in [0.4, 0.5) is 0 Å². The zero-order valence-electron chi connectivity index (χ0n) is 12.7. The van der Waals surface area contributed by atoms with Gasteiger partial charge in [0.25, 0.3) is 5.91 Å². The predicted molar refractivity (Wildman–Crippen MR) is 81.5 cm³/mol. The third-order valence-corrected chi connectivity index (χ3v) is 3.89. The highest BCUT2D eigenvalue weighted by atomic mass is 16.4. The summed E-state index contributed by atoms with van der Waals surface area (Å²) in [6.07, 6.45) is 0.757. The summed E-state index contributed by atoms with van der Waals surface area (Å²) in [6.45, 7) is 5.96. The lowest BCUT2D eigenvalue weighted by Gasteiger charge is -2.34. The van der Waals surface area contributed by atoms with E-state index in [2.05, 4.69) is 15.1 Å². The fourth-order valence-electron chi connectivity index (χ4n) is 2.63. The van der Waals surface area contributed by atoms with Gasteiger partial charge in [-0.2, -0.15) is 0 Å². The summed E-state index contributed by atoms with van der Waals surface area (Å²) in [5.41, 5.74) is 0.761. The minimum atomic E-state index is 0.118. The summed E-state index contributed by atoms with van der Waals surface area (Å²) >= 11 is 0. The van der Waals surface area contributed by atoms with Crippen LogP contribution in [0.2, 0.25) is 0 Å². The highest BCUT2D eigenvalue weighted by Crippen LogP contribution is 2.09. The van der Waals surface area contributed by atoms with Gasteiger partial charge in [0, 0.05) is 51.6 Å². The van der Waals surface area contributed by atoms with Crippen LogP contribution in [0.5, 0.6) is 0 Å². The van der Waals surface area contributed by atoms with E-state index in [9.17, 15) is 4.79 Å². The number of aryl methyl sites for hydroxylation is 1. The minimum Gasteiger partial charge on any atom is -0.426 e. The smallest absolute Gasteiger partial charge is 0.253 e. The third kappa shape index (κ3) is 3.51. The number of carbonyl (C=O) groups is 1. The predicted octanol–water partition coefficient (Wildman–Crippen LogP) is 1.38. The van der Waals surface area contributed by atoms with Crippen LogP contribution in [-0.2, 0) is 6.42 Å². The van der Waals surface area contributed by atoms with Gasteiger partial charge in [0.05, 0.1) is 0 Å². The molecule has 1 aromatic heterocycles. The zero-order valence-corrected chi connectivity index (χ0v) is 12.7. The molecule has 1 saturated heterocycles. The standard InChI is InChI=1S/C16H20N4O2/c1-13-17-18-15(22-13)7-8-19-9-11-20(12-10-19)16(21)14-5-3-2-4-6-14/h2-6H,7-12H2,1H3. The van der Waals surface area contributed by atoms with Crippen LogP contribution in [-0.4, -0.2) is 58.6 Å². The summed E-state index contributed by atoms with van der Waals surface area (Å²) in [5, 5.41) is 7.84. The van der Waals surface area contributed by atoms with Crippen molar-refractivity contribution < 1.29 is 9.21 Å². The minimum absolute atomic E-state index is 0.118. The molecule has 0 aliphatic carbocycles. The Morgan fingerprint density at radius 3 is 2.50 bits per heavy atom. The molecule has 1 aromatic carbocycles. The van der Waals surface area contributed by atoms with Crippen LogP contribution < -0.4 is 0 Å². The van der Waals surface area contributed by atoms with Crippen LogP contribution in [0.25, 0.3) is 0 Å². The summed E-state index contributed by atoms with van der Waals surface area (Å²) in [6, 6.07) is 9.46. The fourth-order valence-corrected chi connectivity index (χ4v) is 2.63. The van der Waals surface area contributed by atoms with Gasteiger partial charge in [0.1, 0.15) is 0 Å². The molecule has 1 amide bonds. The normalized spacial score (nSPS) is 16.0. The number of benzene rings is 1. The third-order valence-electron chi connectivity index (χ3n) is 3.89. The number of nitrogens with zero attached hydrogens (tertiary/aromatic N) is 4. The van der Waals surface area contributed by atoms with E-state index in [0.29, 0.717) is 11.8 Å². The van der Waals surface area contributed by atoms with E-state index in [4.69, 9.17) is 4.42 Å². The van der Waals surface area contributed by atoms with Crippen molar-refractivity contribution in [2.75, 3.05) is 32.7 Å². The summed E-state index contributed by atoms with van der Waals surface area (Å²) in [7, 11) is 0. The first kappa shape index (κ1) is 14.7. The van der Waals surface area contributed by atoms with Gasteiger partial charge in [-0.3, -0.25) is 9.69 Å². The maximum atomic E-state index is 12.4. The number of hydrogen-bond acceptors (Lipinski definition) is 5. The Kier molecular flexibility index (Phi) is 4.48. The molecule has 2 aromatic rings. The number of aromatic nitrogens is 2. The van der Waals surface area contributed by atoms with Crippen LogP contribution in [0.15, 0.2) is 34.7 Å². The first-order valence-corrected chi connectivity index (χ1v) is 7.58. The Morgan fingerprint density at radius 2 is 1.86 bits per heavy atom. The molecule has 1 aliphatic heterocycles. The van der Waals surface area contributed by atoms with E-state index >= 15 is 0 Å². The first-order valence-electron chi connectivity index (χ1n) is 7.58. The van der Waals surface area contributed by atoms with E-state index in [1.165, 1.54) is 0 Å². The van der Waals surface area contributed by atoms with E-state index in [1.54, 1.807) is 6.92 Å². The molecule has 0 N–H and O–H groups in total. The average Bonchev–Trinajstić information content (AvgIpc) is 2.99. The topological polar surface area (TPSA) is 62.5 Å². The summed E-state index contributed by atoms with van der Waals surface area (Å²) in [5.74, 6) is 1.40. The number of rotatable bonds is 4. The Balaban J connectivity index is 1.47. The molecule has 6 heteroatoms. The molecule has 0 atom stereocenters. The van der Waals surface area contributed by atoms with Crippen LogP contribution in [0.1, 0.15) is 22.1 Å². The van der Waals surface area contributed by atoms with Gasteiger partial charge >= 0.3 is 0 Å². The van der Waals surface area contributed by atoms with Crippen molar-refractivity contribution in [2.45, 2.75) is 13.3 Å². The van der Waals surface area contributed by atoms with E-state index < -0.39 is 0 Å². The van der Waals surface area contributed by atoms with Crippen molar-refractivity contribution >= 4 is 5.91 Å². The van der Waals surface area contributed by atoms with Crippen molar-refractivity contribution in [3.8, 4) is 0 Å². The second-order valence-corrected chi connectivity index (χ2v) is 5.46. The first-order chi connectivity index (χ1) is 10.7. The SMILES string of the molecule is Cc1nnc(CCN2CCN(C(=O)c3ccccc3)CC2)o1. The molecule has 1 fully saturated rings. The molecular formula is C16H20N4O2. The van der Waals surface area contributed by atoms with Crippen molar-refractivity contribution in [1.82, 2.24) is 20.0 Å². The van der Waals surface area contributed by atoms with Crippen LogP contribution >= 0.6 is 0 Å². The maximum absolute atomic E-state index is 12.4. The van der Waals surface area contributed by atoms with E-state index in [-0.39, 0.29) is 5.91 Å². The quantitative estimate of drug-likeness (QED) is 0.853. The molecule has 116 valence electrons. The largest absolute Gasteiger partial charge is 0.426 e. The number of carbonyl (C=O) groups excluding carboxylic acids is 1. The van der Waals surface area contributed by atoms with Gasteiger partial charge in [-0.1, -0.05) is 18.2 Å². The fraction of sp³-hybridized carbons (Fsp3) is 0.438. The van der Waals surface area contributed by atoms with E-state index in [1.807, 2.05) is 35.2 Å². The van der Waals surface area contributed by atoms with Crippen molar-refractivity contribution in [3.63, 3.8) is 0 Å². The molecule has 6 nitrogen and oxygen atoms in total. The lowest BCUT2D eigenvalue weighted by Crippen LogP contribution is -2.49. The van der Waals surface area contributed by atoms with Gasteiger partial charge < -0.3 is 9.32 Å². The van der Waals surface area contributed by atoms with Crippen molar-refractivity contribution in [2.24, 2.45) is 0 Å². The van der Waals surface area contributed by atoms with Gasteiger partial charge in [-0.15, -0.1) is 10.2 Å². The molecule has 0 bridgehead atoms. The van der Waals surface area contributed by atoms with Gasteiger partial charge in [0.2, 0.25) is 11.8 Å². The Bertz CT molecular complexity index is 618. The van der Waals surface area contributed by atoms with Crippen LogP contribution in [0, 0.1) is 6.92 Å². The molecule has 22 heavy (non-hydrogen) atoms. The Hall–Kier alpha value is -2.21. The number of hydrogen-bond donors (Lipinski definition) is 0. The lowest BCUT2D eigenvalue weighted by atomic mass is 10.2. The van der Waals surface area contributed by atoms with Crippen LogP contribution in [0.3, 0.4) is 0 Å². The van der Waals surface area contributed by atoms with Gasteiger partial charge in [0.15, 0.2) is 0 Å². The highest BCUT2D eigenvalue weighted by Gasteiger charge is 2.22. The molecule has 1 aliphatic rings. The summed E-state index contributed by atoms with van der Waals surface area (Å²) in [4.78, 5) is 16.6. The second kappa shape index (κ2) is 6.70. The zero-order chi connectivity index (χ0) is 15.4. The molecule has 2 heterocycles. The highest BCUT2D eigenvalue weighted by molar-refractivity contribution is 5.94. The van der Waals surface area contributed by atoms with Crippen molar-refractivity contribution in [1.29, 1.82) is 0 Å². The second-order valence-electron chi connectivity index (χ2n) is 5.46. The Morgan fingerprint density at radius 1 is 1.14 bits per heavy atom. The number of piperazine rings is 1. The van der Waals surface area contributed by atoms with Crippen molar-refractivity contribution in [3.05, 3.63) is 47.7 Å². The Labute approximate surface area is 129 Å². The maximum Gasteiger partial charge on any atom is 0.253 e. The lowest BCUT2D eigenvalue weighted by molar-refractivity contribution is 0.0636. The molecule has 0 radical (unpaired) electrons. The molecule has 0 saturated carbocycles. The van der Waals surface area contributed by atoms with Gasteiger partial charge in [-0.25, -0.2) is 0 Å². The summed E-state index contributed by atoms with van der Waals surface area (Å²) < 4.78 is 5.38. The number of amides is 1.